The van der Waals surface area contributed by atoms with Gasteiger partial charge in [-0.3, -0.25) is 4.72 Å². The Balaban J connectivity index is 2.93. The van der Waals surface area contributed by atoms with Crippen LogP contribution >= 0.6 is 34.5 Å². The van der Waals surface area contributed by atoms with E-state index in [0.29, 0.717) is 4.94 Å². The first-order valence-corrected chi connectivity index (χ1v) is 5.91. The predicted molar refractivity (Wildman–Crippen MR) is 51.1 cm³/mol. The van der Waals surface area contributed by atoms with Crippen molar-refractivity contribution < 1.29 is 12.9 Å². The van der Waals surface area contributed by atoms with Crippen molar-refractivity contribution in [2.45, 2.75) is 0 Å². The maximum Gasteiger partial charge on any atom is 0.325 e. The molecule has 4 nitrogen and oxygen atoms in total. The molecule has 9 heteroatoms. The Hall–Kier alpha value is -0.0800. The Morgan fingerprint density at radius 3 is 2.46 bits per heavy atom. The quantitative estimate of drug-likeness (QED) is 0.823. The molecular weight excluding hydrogens is 262 g/mol. The molecule has 0 saturated heterocycles. The van der Waals surface area contributed by atoms with Crippen molar-refractivity contribution in [1.29, 1.82) is 0 Å². The molecule has 1 aromatic rings. The summed E-state index contributed by atoms with van der Waals surface area (Å²) in [5.74, 6) is 0. The summed E-state index contributed by atoms with van der Waals surface area (Å²) in [5, 5.41) is 1.41. The molecule has 1 rings (SSSR count). The fourth-order valence-electron chi connectivity index (χ4n) is 0.553. The van der Waals surface area contributed by atoms with E-state index in [-0.39, 0.29) is 15.0 Å². The zero-order valence-electron chi connectivity index (χ0n) is 5.84. The lowest BCUT2D eigenvalue weighted by Crippen LogP contribution is -2.23. The van der Waals surface area contributed by atoms with E-state index in [0.717, 1.165) is 11.3 Å². The fraction of sp³-hybridized carbons (Fsp3) is 0. The van der Waals surface area contributed by atoms with Crippen molar-refractivity contribution >= 4 is 50.4 Å². The molecule has 0 saturated carbocycles. The van der Waals surface area contributed by atoms with E-state index in [9.17, 15) is 12.9 Å². The summed E-state index contributed by atoms with van der Waals surface area (Å²) in [6, 6.07) is 0. The van der Waals surface area contributed by atoms with Crippen molar-refractivity contribution in [2.75, 3.05) is 4.72 Å². The SMILES string of the molecule is O=S(=O)(NF)Nc1csc(Cl)c1Cl. The van der Waals surface area contributed by atoms with Gasteiger partial charge in [0.2, 0.25) is 0 Å². The van der Waals surface area contributed by atoms with Crippen LogP contribution < -0.4 is 9.67 Å². The van der Waals surface area contributed by atoms with E-state index < -0.39 is 10.2 Å². The van der Waals surface area contributed by atoms with E-state index in [1.54, 1.807) is 0 Å². The van der Waals surface area contributed by atoms with Gasteiger partial charge in [0, 0.05) is 5.38 Å². The molecule has 2 N–H and O–H groups in total. The molecule has 0 radical (unpaired) electrons. The zero-order valence-corrected chi connectivity index (χ0v) is 8.99. The van der Waals surface area contributed by atoms with Crippen LogP contribution in [-0.2, 0) is 10.2 Å². The van der Waals surface area contributed by atoms with Crippen LogP contribution in [0.4, 0.5) is 10.2 Å². The van der Waals surface area contributed by atoms with Gasteiger partial charge in [-0.1, -0.05) is 23.2 Å². The average molecular weight is 265 g/mol. The van der Waals surface area contributed by atoms with E-state index in [1.807, 2.05) is 4.72 Å². The summed E-state index contributed by atoms with van der Waals surface area (Å²) in [7, 11) is -4.18. The lowest BCUT2D eigenvalue weighted by Gasteiger charge is -2.01. The highest BCUT2D eigenvalue weighted by Crippen LogP contribution is 2.36. The summed E-state index contributed by atoms with van der Waals surface area (Å²) in [4.78, 5) is 0.590. The Morgan fingerprint density at radius 1 is 1.46 bits per heavy atom. The van der Waals surface area contributed by atoms with Crippen LogP contribution in [0.3, 0.4) is 0 Å². The highest BCUT2D eigenvalue weighted by Gasteiger charge is 2.14. The van der Waals surface area contributed by atoms with E-state index in [2.05, 4.69) is 0 Å². The number of hydrogen-bond donors (Lipinski definition) is 2. The molecule has 0 aliphatic carbocycles. The standard InChI is InChI=1S/C4H3Cl2FN2O2S2/c5-3-2(1-12-4(3)6)8-13(10,11)9-7/h1,8-9H. The topological polar surface area (TPSA) is 58.2 Å². The van der Waals surface area contributed by atoms with Gasteiger partial charge in [0.15, 0.2) is 0 Å². The number of thiophene rings is 1. The van der Waals surface area contributed by atoms with Gasteiger partial charge >= 0.3 is 10.2 Å². The molecule has 0 aliphatic rings. The number of rotatable bonds is 3. The van der Waals surface area contributed by atoms with Crippen LogP contribution in [0.25, 0.3) is 0 Å². The Labute approximate surface area is 87.8 Å². The second-order valence-electron chi connectivity index (χ2n) is 1.92. The van der Waals surface area contributed by atoms with Gasteiger partial charge in [0.1, 0.15) is 4.34 Å². The van der Waals surface area contributed by atoms with Crippen LogP contribution in [0.1, 0.15) is 0 Å². The van der Waals surface area contributed by atoms with E-state index in [1.165, 1.54) is 5.38 Å². The molecule has 0 atom stereocenters. The third kappa shape index (κ3) is 2.68. The molecule has 0 amide bonds. The predicted octanol–water partition coefficient (Wildman–Crippen LogP) is 2.19. The third-order valence-corrected chi connectivity index (χ3v) is 3.55. The third-order valence-electron chi connectivity index (χ3n) is 1.04. The summed E-state index contributed by atoms with van der Waals surface area (Å²) in [6.07, 6.45) is 0. The largest absolute Gasteiger partial charge is 0.325 e. The van der Waals surface area contributed by atoms with Crippen molar-refractivity contribution in [1.82, 2.24) is 4.94 Å². The van der Waals surface area contributed by atoms with Gasteiger partial charge < -0.3 is 0 Å². The number of anilines is 1. The van der Waals surface area contributed by atoms with Crippen molar-refractivity contribution in [3.05, 3.63) is 14.7 Å². The summed E-state index contributed by atoms with van der Waals surface area (Å²) in [5.41, 5.74) is 0.0433. The van der Waals surface area contributed by atoms with Gasteiger partial charge in [-0.05, 0) is 4.94 Å². The second kappa shape index (κ2) is 3.97. The molecule has 0 aromatic carbocycles. The molecule has 0 spiro atoms. The number of hydrogen-bond acceptors (Lipinski definition) is 3. The van der Waals surface area contributed by atoms with Crippen LogP contribution in [0.2, 0.25) is 9.36 Å². The first kappa shape index (κ1) is 11.0. The Bertz CT molecular complexity index is 404. The highest BCUT2D eigenvalue weighted by molar-refractivity contribution is 7.90. The lowest BCUT2D eigenvalue weighted by molar-refractivity contribution is 0.428. The maximum atomic E-state index is 11.6. The minimum Gasteiger partial charge on any atom is -0.267 e. The van der Waals surface area contributed by atoms with E-state index >= 15 is 0 Å². The minimum atomic E-state index is -4.18. The average Bonchev–Trinajstić information content (AvgIpc) is 2.36. The van der Waals surface area contributed by atoms with Gasteiger partial charge in [-0.25, -0.2) is 0 Å². The molecule has 0 aliphatic heterocycles. The summed E-state index contributed by atoms with van der Waals surface area (Å²) < 4.78 is 35.0. The number of nitrogens with one attached hydrogen (secondary N) is 2. The van der Waals surface area contributed by atoms with Crippen LogP contribution in [0, 0.1) is 0 Å². The molecule has 1 aromatic heterocycles. The van der Waals surface area contributed by atoms with Crippen LogP contribution in [0.5, 0.6) is 0 Å². The van der Waals surface area contributed by atoms with Gasteiger partial charge in [0.25, 0.3) is 0 Å². The molecule has 0 unspecified atom stereocenters. The summed E-state index contributed by atoms with van der Waals surface area (Å²) >= 11 is 12.2. The van der Waals surface area contributed by atoms with E-state index in [4.69, 9.17) is 23.2 Å². The first-order chi connectivity index (χ1) is 5.96. The smallest absolute Gasteiger partial charge is 0.267 e. The molecule has 13 heavy (non-hydrogen) atoms. The zero-order chi connectivity index (χ0) is 10.1. The molecule has 1 heterocycles. The minimum absolute atomic E-state index is 0.0433. The maximum absolute atomic E-state index is 11.6. The Morgan fingerprint density at radius 2 is 2.08 bits per heavy atom. The number of halogens is 3. The van der Waals surface area contributed by atoms with Crippen LogP contribution in [-0.4, -0.2) is 8.42 Å². The van der Waals surface area contributed by atoms with Crippen LogP contribution in [0.15, 0.2) is 5.38 Å². The van der Waals surface area contributed by atoms with Crippen molar-refractivity contribution in [3.63, 3.8) is 0 Å². The highest BCUT2D eigenvalue weighted by atomic mass is 35.5. The van der Waals surface area contributed by atoms with Gasteiger partial charge in [-0.15, -0.1) is 15.8 Å². The van der Waals surface area contributed by atoms with Crippen molar-refractivity contribution in [3.8, 4) is 0 Å². The molecular formula is C4H3Cl2FN2O2S2. The first-order valence-electron chi connectivity index (χ1n) is 2.79. The monoisotopic (exact) mass is 264 g/mol. The molecule has 74 valence electrons. The lowest BCUT2D eigenvalue weighted by atomic mass is 10.6. The van der Waals surface area contributed by atoms with Gasteiger partial charge in [-0.2, -0.15) is 8.42 Å². The van der Waals surface area contributed by atoms with Gasteiger partial charge in [0.05, 0.1) is 10.7 Å². The normalized spacial score (nSPS) is 11.6. The Kier molecular flexibility index (Phi) is 3.36. The second-order valence-corrected chi connectivity index (χ2v) is 5.14. The summed E-state index contributed by atoms with van der Waals surface area (Å²) in [6.45, 7) is 0. The molecule has 0 fully saturated rings. The fourth-order valence-corrected chi connectivity index (χ4v) is 2.32. The van der Waals surface area contributed by atoms with Crippen molar-refractivity contribution in [2.24, 2.45) is 0 Å². The molecule has 0 bridgehead atoms.